The SMILES string of the molecule is CCOc1cc(C2=NN(C(=O)CON=Cc3cccc(N=NC(C#N)C#N)c3)CCC2)ccc1OC. The van der Waals surface area contributed by atoms with Crippen LogP contribution in [0.5, 0.6) is 11.5 Å². The van der Waals surface area contributed by atoms with Gasteiger partial charge >= 0.3 is 0 Å². The van der Waals surface area contributed by atoms with Crippen molar-refractivity contribution < 1.29 is 19.1 Å². The smallest absolute Gasteiger partial charge is 0.283 e. The lowest BCUT2D eigenvalue weighted by Gasteiger charge is -2.23. The predicted octanol–water partition coefficient (Wildman–Crippen LogP) is 3.97. The van der Waals surface area contributed by atoms with Crippen molar-refractivity contribution in [2.45, 2.75) is 25.8 Å². The molecule has 184 valence electrons. The Morgan fingerprint density at radius 2 is 2.06 bits per heavy atom. The number of rotatable bonds is 10. The summed E-state index contributed by atoms with van der Waals surface area (Å²) in [6.45, 7) is 2.62. The van der Waals surface area contributed by atoms with Crippen LogP contribution >= 0.6 is 0 Å². The average molecular weight is 488 g/mol. The Kier molecular flexibility index (Phi) is 9.48. The van der Waals surface area contributed by atoms with Gasteiger partial charge in [0.15, 0.2) is 18.1 Å². The molecule has 1 aliphatic heterocycles. The largest absolute Gasteiger partial charge is 0.493 e. The summed E-state index contributed by atoms with van der Waals surface area (Å²) in [6.07, 6.45) is 2.93. The van der Waals surface area contributed by atoms with Crippen LogP contribution in [-0.4, -0.2) is 55.8 Å². The Balaban J connectivity index is 1.59. The second kappa shape index (κ2) is 13.2. The van der Waals surface area contributed by atoms with Crippen LogP contribution in [0.3, 0.4) is 0 Å². The molecule has 3 rings (SSSR count). The predicted molar refractivity (Wildman–Crippen MR) is 131 cm³/mol. The van der Waals surface area contributed by atoms with Crippen LogP contribution in [0.2, 0.25) is 0 Å². The Bertz CT molecular complexity index is 1230. The van der Waals surface area contributed by atoms with Gasteiger partial charge in [-0.1, -0.05) is 17.3 Å². The van der Waals surface area contributed by atoms with Crippen LogP contribution in [0.4, 0.5) is 5.69 Å². The zero-order chi connectivity index (χ0) is 25.8. The first-order valence-corrected chi connectivity index (χ1v) is 11.2. The van der Waals surface area contributed by atoms with Gasteiger partial charge in [-0.05, 0) is 55.7 Å². The number of nitriles is 2. The maximum Gasteiger partial charge on any atom is 0.283 e. The van der Waals surface area contributed by atoms with Crippen molar-refractivity contribution in [2.24, 2.45) is 20.5 Å². The number of amides is 1. The summed E-state index contributed by atoms with van der Waals surface area (Å²) in [7, 11) is 1.59. The van der Waals surface area contributed by atoms with Gasteiger partial charge in [-0.25, -0.2) is 5.01 Å². The molecule has 1 heterocycles. The van der Waals surface area contributed by atoms with E-state index >= 15 is 0 Å². The van der Waals surface area contributed by atoms with Crippen molar-refractivity contribution in [3.63, 3.8) is 0 Å². The Labute approximate surface area is 208 Å². The van der Waals surface area contributed by atoms with Crippen molar-refractivity contribution >= 4 is 23.5 Å². The fourth-order valence-electron chi connectivity index (χ4n) is 3.29. The van der Waals surface area contributed by atoms with Gasteiger partial charge in [0.25, 0.3) is 5.91 Å². The lowest BCUT2D eigenvalue weighted by molar-refractivity contribution is -0.136. The van der Waals surface area contributed by atoms with E-state index in [9.17, 15) is 4.79 Å². The lowest BCUT2D eigenvalue weighted by Crippen LogP contribution is -2.34. The van der Waals surface area contributed by atoms with E-state index in [0.717, 1.165) is 24.1 Å². The topological polar surface area (TPSA) is 145 Å². The third kappa shape index (κ3) is 7.11. The number of hydrogen-bond donors (Lipinski definition) is 0. The van der Waals surface area contributed by atoms with Crippen molar-refractivity contribution in [2.75, 3.05) is 26.9 Å². The molecule has 0 bridgehead atoms. The number of nitrogens with zero attached hydrogens (tertiary/aromatic N) is 7. The number of benzene rings is 2. The monoisotopic (exact) mass is 487 g/mol. The maximum atomic E-state index is 12.6. The van der Waals surface area contributed by atoms with Crippen molar-refractivity contribution in [1.82, 2.24) is 5.01 Å². The molecule has 11 heteroatoms. The molecule has 2 aromatic rings. The molecule has 0 aliphatic carbocycles. The summed E-state index contributed by atoms with van der Waals surface area (Å²) < 4.78 is 11.0. The van der Waals surface area contributed by atoms with Gasteiger partial charge in [0, 0.05) is 12.1 Å². The quantitative estimate of drug-likeness (QED) is 0.282. The van der Waals surface area contributed by atoms with Crippen LogP contribution in [0, 0.1) is 22.7 Å². The zero-order valence-electron chi connectivity index (χ0n) is 20.0. The summed E-state index contributed by atoms with van der Waals surface area (Å²) in [6, 6.07) is 14.6. The normalized spacial score (nSPS) is 13.4. The third-order valence-corrected chi connectivity index (χ3v) is 4.98. The molecule has 0 atom stereocenters. The van der Waals surface area contributed by atoms with Gasteiger partial charge in [-0.15, -0.1) is 0 Å². The molecule has 0 saturated heterocycles. The number of azo groups is 1. The molecular weight excluding hydrogens is 462 g/mol. The molecule has 0 spiro atoms. The summed E-state index contributed by atoms with van der Waals surface area (Å²) in [5.41, 5.74) is 2.74. The molecule has 36 heavy (non-hydrogen) atoms. The second-order valence-electron chi connectivity index (χ2n) is 7.44. The summed E-state index contributed by atoms with van der Waals surface area (Å²) >= 11 is 0. The fraction of sp³-hybridized carbons (Fsp3) is 0.320. The molecule has 0 N–H and O–H groups in total. The molecule has 11 nitrogen and oxygen atoms in total. The van der Waals surface area contributed by atoms with E-state index in [1.165, 1.54) is 11.2 Å². The Morgan fingerprint density at radius 3 is 2.81 bits per heavy atom. The number of hydrazone groups is 1. The fourth-order valence-corrected chi connectivity index (χ4v) is 3.29. The number of carbonyl (C=O) groups is 1. The number of hydrogen-bond acceptors (Lipinski definition) is 10. The molecule has 0 radical (unpaired) electrons. The standard InChI is InChI=1S/C25H25N7O4/c1-3-35-24-13-19(9-10-23(24)34-2)22-8-5-11-32(31-22)25(33)17-36-28-16-18-6-4-7-20(12-18)29-30-21(14-26)15-27/h4,6-7,9-10,12-13,16,21H,3,5,8,11,17H2,1-2H3. The van der Waals surface area contributed by atoms with Gasteiger partial charge in [0.05, 0.1) is 31.3 Å². The Hall–Kier alpha value is -4.77. The average Bonchev–Trinajstić information content (AvgIpc) is 2.92. The van der Waals surface area contributed by atoms with E-state index < -0.39 is 6.04 Å². The van der Waals surface area contributed by atoms with E-state index in [0.29, 0.717) is 35.9 Å². The molecule has 0 fully saturated rings. The zero-order valence-corrected chi connectivity index (χ0v) is 20.0. The summed E-state index contributed by atoms with van der Waals surface area (Å²) in [4.78, 5) is 17.8. The first-order chi connectivity index (χ1) is 17.6. The van der Waals surface area contributed by atoms with Crippen molar-refractivity contribution in [1.29, 1.82) is 10.5 Å². The highest BCUT2D eigenvalue weighted by molar-refractivity contribution is 6.02. The minimum absolute atomic E-state index is 0.272. The van der Waals surface area contributed by atoms with Crippen molar-refractivity contribution in [3.8, 4) is 23.6 Å². The van der Waals surface area contributed by atoms with Gasteiger partial charge in [0.2, 0.25) is 6.04 Å². The highest BCUT2D eigenvalue weighted by Crippen LogP contribution is 2.29. The lowest BCUT2D eigenvalue weighted by atomic mass is 10.0. The second-order valence-corrected chi connectivity index (χ2v) is 7.44. The first kappa shape index (κ1) is 25.8. The highest BCUT2D eigenvalue weighted by Gasteiger charge is 2.20. The van der Waals surface area contributed by atoms with Crippen LogP contribution in [0.15, 0.2) is 63.0 Å². The number of methoxy groups -OCH3 is 1. The molecule has 0 unspecified atom stereocenters. The maximum absolute atomic E-state index is 12.6. The minimum atomic E-state index is -1.16. The van der Waals surface area contributed by atoms with Gasteiger partial charge < -0.3 is 14.3 Å². The van der Waals surface area contributed by atoms with Crippen LogP contribution in [-0.2, 0) is 9.63 Å². The molecular formula is C25H25N7O4. The van der Waals surface area contributed by atoms with E-state index in [-0.39, 0.29) is 12.5 Å². The molecule has 1 aliphatic rings. The molecule has 0 saturated carbocycles. The van der Waals surface area contributed by atoms with E-state index in [2.05, 4.69) is 20.5 Å². The van der Waals surface area contributed by atoms with E-state index in [1.54, 1.807) is 43.5 Å². The van der Waals surface area contributed by atoms with Gasteiger partial charge in [-0.3, -0.25) is 4.79 Å². The summed E-state index contributed by atoms with van der Waals surface area (Å²) in [5.74, 6) is 0.949. The number of oxime groups is 1. The van der Waals surface area contributed by atoms with Gasteiger partial charge in [-0.2, -0.15) is 25.9 Å². The molecule has 0 aromatic heterocycles. The number of ether oxygens (including phenoxy) is 2. The van der Waals surface area contributed by atoms with Crippen LogP contribution < -0.4 is 9.47 Å². The summed E-state index contributed by atoms with van der Waals surface area (Å²) in [5, 5.41) is 34.8. The first-order valence-electron chi connectivity index (χ1n) is 11.2. The van der Waals surface area contributed by atoms with E-state index in [1.807, 2.05) is 25.1 Å². The molecule has 1 amide bonds. The van der Waals surface area contributed by atoms with E-state index in [4.69, 9.17) is 24.8 Å². The minimum Gasteiger partial charge on any atom is -0.493 e. The number of carbonyl (C=O) groups excluding carboxylic acids is 1. The Morgan fingerprint density at radius 1 is 1.22 bits per heavy atom. The van der Waals surface area contributed by atoms with Crippen LogP contribution in [0.25, 0.3) is 0 Å². The van der Waals surface area contributed by atoms with Crippen LogP contribution in [0.1, 0.15) is 30.9 Å². The van der Waals surface area contributed by atoms with Crippen molar-refractivity contribution in [3.05, 3.63) is 53.6 Å². The highest BCUT2D eigenvalue weighted by atomic mass is 16.6. The third-order valence-electron chi connectivity index (χ3n) is 4.98. The van der Waals surface area contributed by atoms with Gasteiger partial charge in [0.1, 0.15) is 12.1 Å². The molecule has 2 aromatic carbocycles.